The van der Waals surface area contributed by atoms with Crippen LogP contribution in [0.15, 0.2) is 24.4 Å². The van der Waals surface area contributed by atoms with Crippen molar-refractivity contribution in [2.24, 2.45) is 0 Å². The first-order valence-electron chi connectivity index (χ1n) is 6.79. The molecule has 1 aliphatic heterocycles. The molecule has 2 heterocycles. The highest BCUT2D eigenvalue weighted by atomic mass is 16.4. The Morgan fingerprint density at radius 2 is 2.16 bits per heavy atom. The number of pyridine rings is 1. The number of aliphatic carboxylic acids is 1. The van der Waals surface area contributed by atoms with Gasteiger partial charge in [0.05, 0.1) is 6.42 Å². The van der Waals surface area contributed by atoms with E-state index in [0.717, 1.165) is 24.2 Å². The van der Waals surface area contributed by atoms with Crippen LogP contribution in [0.3, 0.4) is 0 Å². The summed E-state index contributed by atoms with van der Waals surface area (Å²) in [5, 5.41) is 8.54. The Kier molecular flexibility index (Phi) is 5.10. The van der Waals surface area contributed by atoms with Gasteiger partial charge in [-0.3, -0.25) is 9.78 Å². The largest absolute Gasteiger partial charge is 0.481 e. The highest BCUT2D eigenvalue weighted by Crippen LogP contribution is 2.09. The lowest BCUT2D eigenvalue weighted by atomic mass is 10.2. The van der Waals surface area contributed by atoms with Crippen molar-refractivity contribution in [2.45, 2.75) is 25.7 Å². The molecule has 0 amide bonds. The van der Waals surface area contributed by atoms with Crippen LogP contribution >= 0.6 is 0 Å². The number of carboxylic acid groups (broad SMARTS) is 1. The van der Waals surface area contributed by atoms with Crippen molar-refractivity contribution in [1.82, 2.24) is 9.88 Å². The summed E-state index contributed by atoms with van der Waals surface area (Å²) in [6, 6.07) is 4.02. The highest BCUT2D eigenvalue weighted by molar-refractivity contribution is 5.70. The van der Waals surface area contributed by atoms with Crippen LogP contribution in [0.25, 0.3) is 6.08 Å². The minimum Gasteiger partial charge on any atom is -0.481 e. The lowest BCUT2D eigenvalue weighted by Crippen LogP contribution is -2.22. The third-order valence-electron chi connectivity index (χ3n) is 3.33. The van der Waals surface area contributed by atoms with E-state index in [1.165, 1.54) is 25.9 Å². The maximum absolute atomic E-state index is 10.4. The van der Waals surface area contributed by atoms with E-state index >= 15 is 0 Å². The zero-order valence-electron chi connectivity index (χ0n) is 11.1. The molecule has 1 saturated heterocycles. The molecule has 19 heavy (non-hydrogen) atoms. The third-order valence-corrected chi connectivity index (χ3v) is 3.33. The molecule has 0 aliphatic carbocycles. The van der Waals surface area contributed by atoms with Crippen molar-refractivity contribution in [3.63, 3.8) is 0 Å². The van der Waals surface area contributed by atoms with Crippen LogP contribution in [0.5, 0.6) is 0 Å². The maximum atomic E-state index is 10.4. The van der Waals surface area contributed by atoms with Gasteiger partial charge in [0.25, 0.3) is 0 Å². The second-order valence-corrected chi connectivity index (χ2v) is 4.88. The zero-order chi connectivity index (χ0) is 13.5. The van der Waals surface area contributed by atoms with Crippen molar-refractivity contribution in [1.29, 1.82) is 0 Å². The molecule has 1 aromatic rings. The predicted molar refractivity (Wildman–Crippen MR) is 74.9 cm³/mol. The normalized spacial score (nSPS) is 16.2. The number of hydrogen-bond donors (Lipinski definition) is 1. The molecule has 0 bridgehead atoms. The van der Waals surface area contributed by atoms with Crippen molar-refractivity contribution >= 4 is 12.0 Å². The van der Waals surface area contributed by atoms with Crippen LogP contribution in [0, 0.1) is 0 Å². The monoisotopic (exact) mass is 260 g/mol. The van der Waals surface area contributed by atoms with E-state index in [1.54, 1.807) is 18.3 Å². The summed E-state index contributed by atoms with van der Waals surface area (Å²) in [7, 11) is 0. The van der Waals surface area contributed by atoms with Gasteiger partial charge in [-0.2, -0.15) is 0 Å². The Balaban J connectivity index is 1.80. The van der Waals surface area contributed by atoms with Crippen molar-refractivity contribution in [3.8, 4) is 0 Å². The number of carboxylic acids is 1. The summed E-state index contributed by atoms with van der Waals surface area (Å²) in [4.78, 5) is 17.3. The van der Waals surface area contributed by atoms with Crippen LogP contribution < -0.4 is 0 Å². The van der Waals surface area contributed by atoms with Crippen LogP contribution in [0.4, 0.5) is 0 Å². The molecule has 0 unspecified atom stereocenters. The Bertz CT molecular complexity index is 434. The molecular formula is C15H20N2O2. The average Bonchev–Trinajstić information content (AvgIpc) is 2.90. The van der Waals surface area contributed by atoms with Crippen LogP contribution in [-0.4, -0.2) is 40.6 Å². The maximum Gasteiger partial charge on any atom is 0.307 e. The van der Waals surface area contributed by atoms with Gasteiger partial charge in [0, 0.05) is 24.9 Å². The number of carbonyl (C=O) groups is 1. The fraction of sp³-hybridized carbons (Fsp3) is 0.467. The number of aromatic nitrogens is 1. The standard InChI is InChI=1S/C15H20N2O2/c18-15(19)5-3-4-13-6-7-14(16-12-13)8-11-17-9-1-2-10-17/h3-4,6-7,12H,1-2,5,8-11H2,(H,18,19). The molecule has 102 valence electrons. The van der Waals surface area contributed by atoms with Gasteiger partial charge in [0.1, 0.15) is 0 Å². The van der Waals surface area contributed by atoms with E-state index in [0.29, 0.717) is 0 Å². The Morgan fingerprint density at radius 3 is 2.79 bits per heavy atom. The summed E-state index contributed by atoms with van der Waals surface area (Å²) in [6.45, 7) is 3.52. The van der Waals surface area contributed by atoms with Crippen LogP contribution in [0.1, 0.15) is 30.5 Å². The summed E-state index contributed by atoms with van der Waals surface area (Å²) >= 11 is 0. The minimum atomic E-state index is -0.813. The van der Waals surface area contributed by atoms with Crippen LogP contribution in [-0.2, 0) is 11.2 Å². The molecule has 1 aromatic heterocycles. The SMILES string of the molecule is O=C(O)CC=Cc1ccc(CCN2CCCC2)nc1. The van der Waals surface area contributed by atoms with Gasteiger partial charge in [-0.1, -0.05) is 18.2 Å². The van der Waals surface area contributed by atoms with Gasteiger partial charge in [-0.25, -0.2) is 0 Å². The van der Waals surface area contributed by atoms with Gasteiger partial charge in [-0.05, 0) is 37.6 Å². The first kappa shape index (κ1) is 13.7. The van der Waals surface area contributed by atoms with E-state index in [4.69, 9.17) is 5.11 Å². The molecule has 0 aromatic carbocycles. The Hall–Kier alpha value is -1.68. The van der Waals surface area contributed by atoms with Crippen molar-refractivity contribution in [3.05, 3.63) is 35.7 Å². The average molecular weight is 260 g/mol. The number of nitrogens with zero attached hydrogens (tertiary/aromatic N) is 2. The third kappa shape index (κ3) is 4.83. The van der Waals surface area contributed by atoms with Gasteiger partial charge in [0.15, 0.2) is 0 Å². The van der Waals surface area contributed by atoms with Crippen LogP contribution in [0.2, 0.25) is 0 Å². The van der Waals surface area contributed by atoms with Gasteiger partial charge >= 0.3 is 5.97 Å². The molecule has 2 rings (SSSR count). The molecule has 0 radical (unpaired) electrons. The van der Waals surface area contributed by atoms with Gasteiger partial charge in [-0.15, -0.1) is 0 Å². The topological polar surface area (TPSA) is 53.4 Å². The van der Waals surface area contributed by atoms with Crippen molar-refractivity contribution < 1.29 is 9.90 Å². The van der Waals surface area contributed by atoms with E-state index < -0.39 is 5.97 Å². The Morgan fingerprint density at radius 1 is 1.37 bits per heavy atom. The summed E-state index contributed by atoms with van der Waals surface area (Å²) in [5.41, 5.74) is 2.05. The molecule has 1 fully saturated rings. The van der Waals surface area contributed by atoms with E-state index in [-0.39, 0.29) is 6.42 Å². The lowest BCUT2D eigenvalue weighted by molar-refractivity contribution is -0.135. The molecule has 1 N–H and O–H groups in total. The fourth-order valence-corrected chi connectivity index (χ4v) is 2.26. The van der Waals surface area contributed by atoms with Gasteiger partial charge in [0.2, 0.25) is 0 Å². The van der Waals surface area contributed by atoms with E-state index in [9.17, 15) is 4.79 Å². The minimum absolute atomic E-state index is 0.0523. The van der Waals surface area contributed by atoms with Gasteiger partial charge < -0.3 is 10.0 Å². The molecular weight excluding hydrogens is 240 g/mol. The smallest absolute Gasteiger partial charge is 0.307 e. The van der Waals surface area contributed by atoms with E-state index in [1.807, 2.05) is 12.1 Å². The summed E-state index contributed by atoms with van der Waals surface area (Å²) in [6.07, 6.45) is 8.92. The lowest BCUT2D eigenvalue weighted by Gasteiger charge is -2.13. The number of rotatable bonds is 6. The van der Waals surface area contributed by atoms with Crippen molar-refractivity contribution in [2.75, 3.05) is 19.6 Å². The second kappa shape index (κ2) is 7.04. The molecule has 4 nitrogen and oxygen atoms in total. The Labute approximate surface area is 113 Å². The molecule has 4 heteroatoms. The fourth-order valence-electron chi connectivity index (χ4n) is 2.26. The number of likely N-dealkylation sites (tertiary alicyclic amines) is 1. The number of hydrogen-bond acceptors (Lipinski definition) is 3. The summed E-state index contributed by atoms with van der Waals surface area (Å²) in [5.74, 6) is -0.813. The highest BCUT2D eigenvalue weighted by Gasteiger charge is 2.10. The second-order valence-electron chi connectivity index (χ2n) is 4.88. The quantitative estimate of drug-likeness (QED) is 0.852. The first-order chi connectivity index (χ1) is 9.24. The van der Waals surface area contributed by atoms with E-state index in [2.05, 4.69) is 9.88 Å². The molecule has 1 aliphatic rings. The first-order valence-corrected chi connectivity index (χ1v) is 6.79. The zero-order valence-corrected chi connectivity index (χ0v) is 11.1. The molecule has 0 spiro atoms. The molecule has 0 saturated carbocycles. The predicted octanol–water partition coefficient (Wildman–Crippen LogP) is 2.21. The molecule has 0 atom stereocenters. The summed E-state index contributed by atoms with van der Waals surface area (Å²) < 4.78 is 0.